The van der Waals surface area contributed by atoms with E-state index in [0.29, 0.717) is 5.69 Å². The number of rotatable bonds is 6. The maximum absolute atomic E-state index is 13.0. The zero-order chi connectivity index (χ0) is 17.0. The monoisotopic (exact) mass is 351 g/mol. The third-order valence-electron chi connectivity index (χ3n) is 3.43. The normalized spacial score (nSPS) is 11.5. The Labute approximate surface area is 141 Å². The molecule has 0 bridgehead atoms. The summed E-state index contributed by atoms with van der Waals surface area (Å²) in [5.74, 6) is 0.102. The molecule has 0 amide bonds. The number of sulfonamides is 1. The van der Waals surface area contributed by atoms with Crippen LogP contribution in [0.3, 0.4) is 0 Å². The fraction of sp³-hybridized carbons (Fsp3) is 0.235. The van der Waals surface area contributed by atoms with Gasteiger partial charge in [0.25, 0.3) is 10.0 Å². The SMILES string of the molecule is CC(C)c1ccccc1N(CC(=O)Cl)S(=O)(=O)c1ccccc1. The molecular weight excluding hydrogens is 334 g/mol. The summed E-state index contributed by atoms with van der Waals surface area (Å²) >= 11 is 5.50. The first-order chi connectivity index (χ1) is 10.8. The number of halogens is 1. The lowest BCUT2D eigenvalue weighted by Crippen LogP contribution is -2.35. The van der Waals surface area contributed by atoms with Gasteiger partial charge >= 0.3 is 0 Å². The number of benzene rings is 2. The fourth-order valence-corrected chi connectivity index (χ4v) is 3.99. The minimum Gasteiger partial charge on any atom is -0.279 e. The Morgan fingerprint density at radius 3 is 2.17 bits per heavy atom. The van der Waals surface area contributed by atoms with Crippen LogP contribution in [0.25, 0.3) is 0 Å². The molecule has 122 valence electrons. The lowest BCUT2D eigenvalue weighted by Gasteiger charge is -2.26. The van der Waals surface area contributed by atoms with Gasteiger partial charge in [-0.1, -0.05) is 50.2 Å². The van der Waals surface area contributed by atoms with E-state index < -0.39 is 21.8 Å². The minimum absolute atomic E-state index is 0.102. The zero-order valence-corrected chi connectivity index (χ0v) is 14.5. The molecule has 2 aromatic rings. The number of carbonyl (C=O) groups excluding carboxylic acids is 1. The number of hydrogen-bond acceptors (Lipinski definition) is 3. The van der Waals surface area contributed by atoms with E-state index in [9.17, 15) is 13.2 Å². The summed E-state index contributed by atoms with van der Waals surface area (Å²) in [6.07, 6.45) is 0. The summed E-state index contributed by atoms with van der Waals surface area (Å²) in [6.45, 7) is 3.52. The topological polar surface area (TPSA) is 54.5 Å². The van der Waals surface area contributed by atoms with E-state index in [1.807, 2.05) is 26.0 Å². The van der Waals surface area contributed by atoms with Crippen molar-refractivity contribution in [3.8, 4) is 0 Å². The Kier molecular flexibility index (Phi) is 5.44. The molecule has 6 heteroatoms. The van der Waals surface area contributed by atoms with Gasteiger partial charge in [0, 0.05) is 0 Å². The Hall–Kier alpha value is -1.85. The molecular formula is C17H18ClNO3S. The smallest absolute Gasteiger partial charge is 0.264 e. The Balaban J connectivity index is 2.62. The van der Waals surface area contributed by atoms with Crippen molar-refractivity contribution in [1.82, 2.24) is 0 Å². The van der Waals surface area contributed by atoms with E-state index in [1.165, 1.54) is 12.1 Å². The summed E-state index contributed by atoms with van der Waals surface area (Å²) in [5, 5.41) is -0.733. The molecule has 23 heavy (non-hydrogen) atoms. The van der Waals surface area contributed by atoms with Gasteiger partial charge in [-0.3, -0.25) is 9.10 Å². The van der Waals surface area contributed by atoms with Crippen LogP contribution >= 0.6 is 11.6 Å². The van der Waals surface area contributed by atoms with Crippen molar-refractivity contribution in [2.24, 2.45) is 0 Å². The summed E-state index contributed by atoms with van der Waals surface area (Å²) in [5.41, 5.74) is 1.31. The molecule has 0 unspecified atom stereocenters. The highest BCUT2D eigenvalue weighted by Gasteiger charge is 2.28. The van der Waals surface area contributed by atoms with Crippen LogP contribution in [0.15, 0.2) is 59.5 Å². The number of nitrogens with zero attached hydrogens (tertiary/aromatic N) is 1. The van der Waals surface area contributed by atoms with Crippen LogP contribution in [0.4, 0.5) is 5.69 Å². The third-order valence-corrected chi connectivity index (χ3v) is 5.32. The average molecular weight is 352 g/mol. The van der Waals surface area contributed by atoms with E-state index in [2.05, 4.69) is 0 Å². The van der Waals surface area contributed by atoms with Gasteiger partial charge in [-0.05, 0) is 41.3 Å². The second kappa shape index (κ2) is 7.15. The molecule has 2 rings (SSSR count). The Bertz CT molecular complexity index is 788. The molecule has 0 spiro atoms. The second-order valence-electron chi connectivity index (χ2n) is 5.39. The first-order valence-corrected chi connectivity index (χ1v) is 9.01. The third kappa shape index (κ3) is 3.92. The van der Waals surface area contributed by atoms with Gasteiger partial charge in [0.15, 0.2) is 0 Å². The van der Waals surface area contributed by atoms with Crippen LogP contribution < -0.4 is 4.31 Å². The van der Waals surface area contributed by atoms with E-state index >= 15 is 0 Å². The van der Waals surface area contributed by atoms with Gasteiger partial charge in [-0.25, -0.2) is 8.42 Å². The van der Waals surface area contributed by atoms with Gasteiger partial charge in [0.1, 0.15) is 6.54 Å². The summed E-state index contributed by atoms with van der Waals surface area (Å²) in [6, 6.07) is 15.1. The van der Waals surface area contributed by atoms with Crippen molar-refractivity contribution in [1.29, 1.82) is 0 Å². The number of carbonyl (C=O) groups is 1. The molecule has 0 atom stereocenters. The van der Waals surface area contributed by atoms with Crippen LogP contribution in [0.2, 0.25) is 0 Å². The van der Waals surface area contributed by atoms with Crippen molar-refractivity contribution in [2.45, 2.75) is 24.7 Å². The van der Waals surface area contributed by atoms with E-state index in [4.69, 9.17) is 11.6 Å². The van der Waals surface area contributed by atoms with Crippen LogP contribution in [0.5, 0.6) is 0 Å². The van der Waals surface area contributed by atoms with Crippen LogP contribution in [0.1, 0.15) is 25.3 Å². The zero-order valence-electron chi connectivity index (χ0n) is 12.9. The highest BCUT2D eigenvalue weighted by Crippen LogP contribution is 2.31. The van der Waals surface area contributed by atoms with E-state index in [1.54, 1.807) is 30.3 Å². The fourth-order valence-electron chi connectivity index (χ4n) is 2.34. The second-order valence-corrected chi connectivity index (χ2v) is 7.68. The first kappa shape index (κ1) is 17.5. The molecule has 0 fully saturated rings. The summed E-state index contributed by atoms with van der Waals surface area (Å²) in [4.78, 5) is 11.6. The van der Waals surface area contributed by atoms with Gasteiger partial charge in [0.05, 0.1) is 10.6 Å². The maximum Gasteiger partial charge on any atom is 0.264 e. The summed E-state index contributed by atoms with van der Waals surface area (Å²) in [7, 11) is -3.88. The van der Waals surface area contributed by atoms with Crippen LogP contribution in [-0.4, -0.2) is 20.2 Å². The highest BCUT2D eigenvalue weighted by atomic mass is 35.5. The van der Waals surface area contributed by atoms with Crippen molar-refractivity contribution in [2.75, 3.05) is 10.8 Å². The molecule has 0 radical (unpaired) electrons. The van der Waals surface area contributed by atoms with Crippen molar-refractivity contribution in [3.05, 3.63) is 60.2 Å². The first-order valence-electron chi connectivity index (χ1n) is 7.19. The van der Waals surface area contributed by atoms with Crippen molar-refractivity contribution in [3.63, 3.8) is 0 Å². The van der Waals surface area contributed by atoms with Crippen LogP contribution in [-0.2, 0) is 14.8 Å². The Morgan fingerprint density at radius 1 is 1.04 bits per heavy atom. The molecule has 0 heterocycles. The molecule has 0 saturated carbocycles. The molecule has 0 aliphatic rings. The molecule has 2 aromatic carbocycles. The van der Waals surface area contributed by atoms with E-state index in [0.717, 1.165) is 9.87 Å². The number of anilines is 1. The lowest BCUT2D eigenvalue weighted by molar-refractivity contribution is -0.110. The quantitative estimate of drug-likeness (QED) is 0.744. The van der Waals surface area contributed by atoms with Gasteiger partial charge in [0.2, 0.25) is 5.24 Å². The molecule has 0 aliphatic carbocycles. The highest BCUT2D eigenvalue weighted by molar-refractivity contribution is 7.92. The standard InChI is InChI=1S/C17H18ClNO3S/c1-13(2)15-10-6-7-11-16(15)19(12-17(18)20)23(21,22)14-8-4-3-5-9-14/h3-11,13H,12H2,1-2H3. The Morgan fingerprint density at radius 2 is 1.61 bits per heavy atom. The van der Waals surface area contributed by atoms with Gasteiger partial charge in [-0.2, -0.15) is 0 Å². The molecule has 0 aromatic heterocycles. The van der Waals surface area contributed by atoms with Crippen molar-refractivity contribution >= 4 is 32.6 Å². The molecule has 4 nitrogen and oxygen atoms in total. The summed E-state index contributed by atoms with van der Waals surface area (Å²) < 4.78 is 27.0. The largest absolute Gasteiger partial charge is 0.279 e. The van der Waals surface area contributed by atoms with Gasteiger partial charge in [-0.15, -0.1) is 0 Å². The van der Waals surface area contributed by atoms with Crippen molar-refractivity contribution < 1.29 is 13.2 Å². The average Bonchev–Trinajstić information content (AvgIpc) is 2.53. The maximum atomic E-state index is 13.0. The minimum atomic E-state index is -3.88. The van der Waals surface area contributed by atoms with Gasteiger partial charge < -0.3 is 0 Å². The number of para-hydroxylation sites is 1. The van der Waals surface area contributed by atoms with Crippen LogP contribution in [0, 0.1) is 0 Å². The molecule has 0 N–H and O–H groups in total. The molecule has 0 saturated heterocycles. The number of hydrogen-bond donors (Lipinski definition) is 0. The molecule has 0 aliphatic heterocycles. The van der Waals surface area contributed by atoms with E-state index in [-0.39, 0.29) is 10.8 Å². The predicted octanol–water partition coefficient (Wildman–Crippen LogP) is 3.77. The lowest BCUT2D eigenvalue weighted by atomic mass is 10.0. The predicted molar refractivity (Wildman–Crippen MR) is 92.4 cm³/mol.